The second-order valence-electron chi connectivity index (χ2n) is 7.99. The molecule has 6 heteroatoms. The van der Waals surface area contributed by atoms with Crippen molar-refractivity contribution in [2.24, 2.45) is 11.8 Å². The Labute approximate surface area is 148 Å². The first-order chi connectivity index (χ1) is 11.5. The summed E-state index contributed by atoms with van der Waals surface area (Å²) in [6.45, 7) is 5.11. The van der Waals surface area contributed by atoms with Crippen LogP contribution in [0.25, 0.3) is 0 Å². The van der Waals surface area contributed by atoms with Crippen molar-refractivity contribution in [3.63, 3.8) is 0 Å². The fourth-order valence-corrected chi connectivity index (χ4v) is 4.66. The number of halogens is 2. The van der Waals surface area contributed by atoms with Crippen LogP contribution < -0.4 is 0 Å². The Morgan fingerprint density at radius 1 is 1.12 bits per heavy atom. The van der Waals surface area contributed by atoms with Crippen LogP contribution >= 0.6 is 0 Å². The highest BCUT2D eigenvalue weighted by Gasteiger charge is 2.34. The SMILES string of the molecule is CC(C)(C)S(=O)(=O)CC1CCC(C(=O)Cc2ccc(F)cc2F)CC1. The van der Waals surface area contributed by atoms with E-state index < -0.39 is 26.2 Å². The van der Waals surface area contributed by atoms with Crippen molar-refractivity contribution in [2.75, 3.05) is 5.75 Å². The first-order valence-electron chi connectivity index (χ1n) is 8.68. The van der Waals surface area contributed by atoms with Crippen LogP contribution in [-0.2, 0) is 21.1 Å². The number of hydrogen-bond acceptors (Lipinski definition) is 3. The normalized spacial score (nSPS) is 22.0. The van der Waals surface area contributed by atoms with Crippen LogP contribution in [-0.4, -0.2) is 24.7 Å². The minimum atomic E-state index is -3.16. The van der Waals surface area contributed by atoms with E-state index >= 15 is 0 Å². The molecule has 0 unspecified atom stereocenters. The predicted octanol–water partition coefficient (Wildman–Crippen LogP) is 4.10. The molecule has 0 aliphatic heterocycles. The van der Waals surface area contributed by atoms with Crippen LogP contribution in [0.5, 0.6) is 0 Å². The highest BCUT2D eigenvalue weighted by molar-refractivity contribution is 7.92. The molecule has 0 heterocycles. The number of sulfone groups is 1. The van der Waals surface area contributed by atoms with E-state index in [9.17, 15) is 22.0 Å². The van der Waals surface area contributed by atoms with Gasteiger partial charge in [-0.1, -0.05) is 6.07 Å². The summed E-state index contributed by atoms with van der Waals surface area (Å²) in [4.78, 5) is 12.4. The number of carbonyl (C=O) groups excluding carboxylic acids is 1. The Morgan fingerprint density at radius 3 is 2.24 bits per heavy atom. The highest BCUT2D eigenvalue weighted by atomic mass is 32.2. The van der Waals surface area contributed by atoms with E-state index in [1.165, 1.54) is 6.07 Å². The molecule has 140 valence electrons. The molecule has 0 amide bonds. The van der Waals surface area contributed by atoms with Gasteiger partial charge in [0.25, 0.3) is 0 Å². The molecule has 1 aliphatic rings. The molecule has 0 saturated heterocycles. The predicted molar refractivity (Wildman–Crippen MR) is 94.1 cm³/mol. The second kappa shape index (κ2) is 7.52. The molecule has 25 heavy (non-hydrogen) atoms. The zero-order valence-electron chi connectivity index (χ0n) is 15.0. The van der Waals surface area contributed by atoms with Crippen LogP contribution in [0.15, 0.2) is 18.2 Å². The lowest BCUT2D eigenvalue weighted by Gasteiger charge is -2.30. The Morgan fingerprint density at radius 2 is 1.72 bits per heavy atom. The number of Topliss-reactive ketones (excluding diaryl/α,β-unsaturated/α-hetero) is 1. The maximum atomic E-state index is 13.7. The Hall–Kier alpha value is -1.30. The van der Waals surface area contributed by atoms with Crippen molar-refractivity contribution in [1.29, 1.82) is 0 Å². The van der Waals surface area contributed by atoms with Crippen LogP contribution in [0.4, 0.5) is 8.78 Å². The zero-order chi connectivity index (χ0) is 18.8. The van der Waals surface area contributed by atoms with Gasteiger partial charge in [-0.3, -0.25) is 4.79 Å². The summed E-state index contributed by atoms with van der Waals surface area (Å²) in [5.74, 6) is -1.34. The Kier molecular flexibility index (Phi) is 6.02. The molecular formula is C19H26F2O3S. The lowest BCUT2D eigenvalue weighted by molar-refractivity contribution is -0.123. The Balaban J connectivity index is 1.90. The van der Waals surface area contributed by atoms with Gasteiger partial charge in [0.2, 0.25) is 0 Å². The monoisotopic (exact) mass is 372 g/mol. The van der Waals surface area contributed by atoms with Crippen molar-refractivity contribution in [2.45, 2.75) is 57.6 Å². The van der Waals surface area contributed by atoms with Gasteiger partial charge in [0.05, 0.1) is 10.5 Å². The van der Waals surface area contributed by atoms with Gasteiger partial charge in [-0.15, -0.1) is 0 Å². The minimum absolute atomic E-state index is 0.0399. The number of carbonyl (C=O) groups is 1. The van der Waals surface area contributed by atoms with E-state index in [-0.39, 0.29) is 35.4 Å². The molecule has 0 aromatic heterocycles. The summed E-state index contributed by atoms with van der Waals surface area (Å²) in [6, 6.07) is 3.25. The fourth-order valence-electron chi connectivity index (χ4n) is 3.21. The highest BCUT2D eigenvalue weighted by Crippen LogP contribution is 2.33. The zero-order valence-corrected chi connectivity index (χ0v) is 15.8. The molecular weight excluding hydrogens is 346 g/mol. The van der Waals surface area contributed by atoms with Crippen molar-refractivity contribution >= 4 is 15.6 Å². The third-order valence-electron chi connectivity index (χ3n) is 5.07. The molecule has 0 N–H and O–H groups in total. The number of hydrogen-bond donors (Lipinski definition) is 0. The molecule has 1 aliphatic carbocycles. The van der Waals surface area contributed by atoms with E-state index in [1.807, 2.05) is 0 Å². The van der Waals surface area contributed by atoms with E-state index in [2.05, 4.69) is 0 Å². The van der Waals surface area contributed by atoms with Crippen molar-refractivity contribution < 1.29 is 22.0 Å². The molecule has 0 spiro atoms. The first kappa shape index (κ1) is 20.0. The van der Waals surface area contributed by atoms with Crippen LogP contribution in [0.3, 0.4) is 0 Å². The lowest BCUT2D eigenvalue weighted by atomic mass is 9.79. The summed E-state index contributed by atoms with van der Waals surface area (Å²) >= 11 is 0. The molecule has 1 aromatic carbocycles. The minimum Gasteiger partial charge on any atom is -0.299 e. The standard InChI is InChI=1S/C19H26F2O3S/c1-19(2,3)25(23,24)12-13-4-6-14(7-5-13)18(22)10-15-8-9-16(20)11-17(15)21/h8-9,11,13-14H,4-7,10,12H2,1-3H3. The van der Waals surface area contributed by atoms with Crippen molar-refractivity contribution in [1.82, 2.24) is 0 Å². The summed E-state index contributed by atoms with van der Waals surface area (Å²) in [6.07, 6.45) is 2.61. The smallest absolute Gasteiger partial charge is 0.155 e. The average molecular weight is 372 g/mol. The van der Waals surface area contributed by atoms with E-state index in [4.69, 9.17) is 0 Å². The van der Waals surface area contributed by atoms with Gasteiger partial charge < -0.3 is 0 Å². The van der Waals surface area contributed by atoms with Gasteiger partial charge in [-0.2, -0.15) is 0 Å². The van der Waals surface area contributed by atoms with Crippen LogP contribution in [0.2, 0.25) is 0 Å². The van der Waals surface area contributed by atoms with Crippen LogP contribution in [0.1, 0.15) is 52.0 Å². The molecule has 0 bridgehead atoms. The van der Waals surface area contributed by atoms with Crippen molar-refractivity contribution in [3.8, 4) is 0 Å². The van der Waals surface area contributed by atoms with Crippen LogP contribution in [0, 0.1) is 23.5 Å². The molecule has 1 saturated carbocycles. The molecule has 1 aromatic rings. The molecule has 0 radical (unpaired) electrons. The average Bonchev–Trinajstić information content (AvgIpc) is 2.49. The van der Waals surface area contributed by atoms with Crippen molar-refractivity contribution in [3.05, 3.63) is 35.4 Å². The quantitative estimate of drug-likeness (QED) is 0.782. The summed E-state index contributed by atoms with van der Waals surface area (Å²) in [5, 5.41) is 0. The van der Waals surface area contributed by atoms with E-state index in [0.29, 0.717) is 25.7 Å². The van der Waals surface area contributed by atoms with Gasteiger partial charge >= 0.3 is 0 Å². The lowest BCUT2D eigenvalue weighted by Crippen LogP contribution is -2.35. The Bertz CT molecular complexity index is 728. The summed E-state index contributed by atoms with van der Waals surface area (Å²) in [5.41, 5.74) is 0.212. The van der Waals surface area contributed by atoms with Gasteiger partial charge in [0.1, 0.15) is 17.4 Å². The summed E-state index contributed by atoms with van der Waals surface area (Å²) in [7, 11) is -3.16. The van der Waals surface area contributed by atoms with Gasteiger partial charge in [0, 0.05) is 18.4 Å². The molecule has 2 rings (SSSR count). The van der Waals surface area contributed by atoms with E-state index in [1.54, 1.807) is 20.8 Å². The number of benzene rings is 1. The summed E-state index contributed by atoms with van der Waals surface area (Å²) < 4.78 is 50.4. The third-order valence-corrected chi connectivity index (χ3v) is 7.85. The maximum absolute atomic E-state index is 13.7. The topological polar surface area (TPSA) is 51.2 Å². The second-order valence-corrected chi connectivity index (χ2v) is 10.8. The fraction of sp³-hybridized carbons (Fsp3) is 0.632. The number of rotatable bonds is 5. The molecule has 0 atom stereocenters. The molecule has 1 fully saturated rings. The number of ketones is 1. The largest absolute Gasteiger partial charge is 0.299 e. The first-order valence-corrected chi connectivity index (χ1v) is 10.3. The maximum Gasteiger partial charge on any atom is 0.155 e. The van der Waals surface area contributed by atoms with E-state index in [0.717, 1.165) is 12.1 Å². The molecule has 3 nitrogen and oxygen atoms in total. The van der Waals surface area contributed by atoms with Gasteiger partial charge in [-0.25, -0.2) is 17.2 Å². The van der Waals surface area contributed by atoms with Gasteiger partial charge in [-0.05, 0) is 64.0 Å². The van der Waals surface area contributed by atoms with Gasteiger partial charge in [0.15, 0.2) is 9.84 Å². The third kappa shape index (κ3) is 5.09.